The highest BCUT2D eigenvalue weighted by Gasteiger charge is 2.37. The van der Waals surface area contributed by atoms with Gasteiger partial charge < -0.3 is 39.9 Å². The van der Waals surface area contributed by atoms with Crippen LogP contribution in [0.3, 0.4) is 0 Å². The maximum atomic E-state index is 13.8. The summed E-state index contributed by atoms with van der Waals surface area (Å²) >= 11 is 0. The van der Waals surface area contributed by atoms with Gasteiger partial charge in [0.2, 0.25) is 5.91 Å². The number of H-pyrrole nitrogens is 2. The molecule has 2 fully saturated rings. The summed E-state index contributed by atoms with van der Waals surface area (Å²) in [6.07, 6.45) is 5.41. The number of alkyl carbamates (subject to hydrolysis) is 2. The molecule has 7 rings (SSSR count). The Bertz CT molecular complexity index is 2280. The molecule has 4 heterocycles. The molecule has 0 radical (unpaired) electrons. The molecule has 2 aliphatic heterocycles. The van der Waals surface area contributed by atoms with Crippen molar-refractivity contribution < 1.29 is 28.7 Å². The number of aromatic nitrogens is 4. The van der Waals surface area contributed by atoms with Gasteiger partial charge in [0.25, 0.3) is 5.91 Å². The summed E-state index contributed by atoms with van der Waals surface area (Å²) in [5.74, 6) is 7.47. The van der Waals surface area contributed by atoms with E-state index >= 15 is 0 Å². The number of carbonyl (C=O) groups is 4. The molecule has 0 unspecified atom stereocenters. The van der Waals surface area contributed by atoms with Crippen molar-refractivity contribution in [2.45, 2.75) is 56.8 Å². The molecular formula is C43H44N8O6. The van der Waals surface area contributed by atoms with Crippen LogP contribution in [0.25, 0.3) is 22.5 Å². The zero-order valence-electron chi connectivity index (χ0n) is 32.0. The van der Waals surface area contributed by atoms with Gasteiger partial charge in [-0.2, -0.15) is 0 Å². The third-order valence-electron chi connectivity index (χ3n) is 10.4. The van der Waals surface area contributed by atoms with Crippen molar-refractivity contribution in [3.8, 4) is 34.4 Å². The number of likely N-dealkylation sites (tertiary alicyclic amines) is 2. The predicted molar refractivity (Wildman–Crippen MR) is 211 cm³/mol. The minimum atomic E-state index is -0.882. The molecule has 57 heavy (non-hydrogen) atoms. The standard InChI is InChI=1S/C43H44N8O6/c1-27(46-42(54)56-2)40(52)50-23-7-11-35(50)38-44-25-33(47-38)30-19-15-28(16-20-30)13-14-29-17-21-31(22-18-29)34-26-45-39(48-34)36-12-8-24-51(36)41(53)37(49-43(55)57-3)32-9-5-4-6-10-32/h4-6,9-10,15-22,25-27,35-37H,7-8,11-12,23-24H2,1-3H3,(H,44,47)(H,45,48)(H,46,54)(H,49,55)/t27-,35+,36+,37-/m1/s1. The van der Waals surface area contributed by atoms with Crippen molar-refractivity contribution in [3.63, 3.8) is 0 Å². The first-order valence-electron chi connectivity index (χ1n) is 18.9. The number of nitrogens with one attached hydrogen (secondary N) is 4. The van der Waals surface area contributed by atoms with E-state index in [0.717, 1.165) is 59.3 Å². The van der Waals surface area contributed by atoms with Crippen molar-refractivity contribution in [1.29, 1.82) is 0 Å². The molecule has 4 N–H and O–H groups in total. The van der Waals surface area contributed by atoms with Gasteiger partial charge in [-0.1, -0.05) is 66.4 Å². The SMILES string of the molecule is COC(=O)N[C@H](C)C(=O)N1CCC[C@H]1c1ncc(-c2ccc(C#Cc3ccc(-c4cnc([C@@H]5CCCN5C(=O)[C@H](NC(=O)OC)c5ccccc5)[nH]4)cc3)cc2)[nH]1. The molecule has 0 bridgehead atoms. The van der Waals surface area contributed by atoms with Gasteiger partial charge in [0, 0.05) is 24.2 Å². The fraction of sp³-hybridized carbons (Fsp3) is 0.302. The number of methoxy groups -OCH3 is 2. The molecule has 0 aliphatic carbocycles. The Morgan fingerprint density at radius 1 is 0.684 bits per heavy atom. The van der Waals surface area contributed by atoms with Gasteiger partial charge in [-0.05, 0) is 73.6 Å². The average molecular weight is 769 g/mol. The lowest BCUT2D eigenvalue weighted by atomic mass is 10.1. The van der Waals surface area contributed by atoms with Gasteiger partial charge in [0.05, 0.1) is 50.1 Å². The number of aromatic amines is 2. The normalized spacial score (nSPS) is 17.2. The molecule has 14 nitrogen and oxygen atoms in total. The number of ether oxygens (including phenoxy) is 2. The van der Waals surface area contributed by atoms with Crippen LogP contribution in [-0.2, 0) is 19.1 Å². The van der Waals surface area contributed by atoms with E-state index < -0.39 is 24.3 Å². The Labute approximate surface area is 330 Å². The van der Waals surface area contributed by atoms with E-state index in [2.05, 4.69) is 47.1 Å². The summed E-state index contributed by atoms with van der Waals surface area (Å²) in [5.41, 5.74) is 5.92. The van der Waals surface area contributed by atoms with Gasteiger partial charge in [0.1, 0.15) is 23.7 Å². The predicted octanol–water partition coefficient (Wildman–Crippen LogP) is 6.04. The lowest BCUT2D eigenvalue weighted by molar-refractivity contribution is -0.135. The molecule has 4 atom stereocenters. The number of hydrogen-bond donors (Lipinski definition) is 4. The smallest absolute Gasteiger partial charge is 0.407 e. The molecule has 14 heteroatoms. The second-order valence-electron chi connectivity index (χ2n) is 14.0. The third-order valence-corrected chi connectivity index (χ3v) is 10.4. The Kier molecular flexibility index (Phi) is 11.6. The van der Waals surface area contributed by atoms with Crippen LogP contribution < -0.4 is 10.6 Å². The maximum absolute atomic E-state index is 13.8. The van der Waals surface area contributed by atoms with Crippen molar-refractivity contribution in [1.82, 2.24) is 40.4 Å². The van der Waals surface area contributed by atoms with E-state index in [1.807, 2.05) is 78.9 Å². The zero-order chi connectivity index (χ0) is 39.9. The molecule has 0 spiro atoms. The lowest BCUT2D eigenvalue weighted by Crippen LogP contribution is -2.46. The van der Waals surface area contributed by atoms with E-state index in [9.17, 15) is 19.2 Å². The molecule has 292 valence electrons. The molecule has 2 aliphatic rings. The van der Waals surface area contributed by atoms with Crippen LogP contribution in [-0.4, -0.2) is 87.1 Å². The van der Waals surface area contributed by atoms with Gasteiger partial charge in [-0.25, -0.2) is 19.6 Å². The monoisotopic (exact) mass is 768 g/mol. The highest BCUT2D eigenvalue weighted by atomic mass is 16.5. The number of benzene rings is 3. The highest BCUT2D eigenvalue weighted by Crippen LogP contribution is 2.35. The summed E-state index contributed by atoms with van der Waals surface area (Å²) in [6.45, 7) is 2.78. The average Bonchev–Trinajstić information content (AvgIpc) is 4.09. The van der Waals surface area contributed by atoms with Crippen LogP contribution in [0.5, 0.6) is 0 Å². The summed E-state index contributed by atoms with van der Waals surface area (Å²) in [4.78, 5) is 70.3. The van der Waals surface area contributed by atoms with Crippen LogP contribution in [0, 0.1) is 11.8 Å². The van der Waals surface area contributed by atoms with Crippen molar-refractivity contribution in [3.05, 3.63) is 120 Å². The number of hydrogen-bond acceptors (Lipinski definition) is 8. The fourth-order valence-electron chi connectivity index (χ4n) is 7.37. The summed E-state index contributed by atoms with van der Waals surface area (Å²) in [7, 11) is 2.54. The number of rotatable bonds is 9. The van der Waals surface area contributed by atoms with Crippen molar-refractivity contribution in [2.24, 2.45) is 0 Å². The Morgan fingerprint density at radius 3 is 1.65 bits per heavy atom. The van der Waals surface area contributed by atoms with Gasteiger partial charge in [-0.15, -0.1) is 0 Å². The zero-order valence-corrected chi connectivity index (χ0v) is 32.0. The maximum Gasteiger partial charge on any atom is 0.407 e. The number of amides is 4. The van der Waals surface area contributed by atoms with E-state index in [4.69, 9.17) is 4.74 Å². The molecular weight excluding hydrogens is 725 g/mol. The first kappa shape index (κ1) is 38.4. The highest BCUT2D eigenvalue weighted by molar-refractivity contribution is 5.87. The molecule has 3 aromatic carbocycles. The minimum absolute atomic E-state index is 0.180. The lowest BCUT2D eigenvalue weighted by Gasteiger charge is -2.28. The summed E-state index contributed by atoms with van der Waals surface area (Å²) in [5, 5.41) is 5.25. The third kappa shape index (κ3) is 8.68. The number of imidazole rings is 2. The molecule has 5 aromatic rings. The second kappa shape index (κ2) is 17.3. The van der Waals surface area contributed by atoms with Gasteiger partial charge in [-0.3, -0.25) is 9.59 Å². The Balaban J connectivity index is 0.976. The molecule has 2 saturated heterocycles. The number of carbonyl (C=O) groups excluding carboxylic acids is 4. The first-order chi connectivity index (χ1) is 27.7. The Hall–Kier alpha value is -6.88. The van der Waals surface area contributed by atoms with E-state index in [1.165, 1.54) is 14.2 Å². The quantitative estimate of drug-likeness (QED) is 0.132. The van der Waals surface area contributed by atoms with Crippen molar-refractivity contribution >= 4 is 24.0 Å². The summed E-state index contributed by atoms with van der Waals surface area (Å²) in [6, 6.07) is 22.9. The van der Waals surface area contributed by atoms with Crippen LogP contribution in [0.1, 0.15) is 79.1 Å². The Morgan fingerprint density at radius 2 is 1.16 bits per heavy atom. The largest absolute Gasteiger partial charge is 0.453 e. The fourth-order valence-corrected chi connectivity index (χ4v) is 7.37. The van der Waals surface area contributed by atoms with Crippen molar-refractivity contribution in [2.75, 3.05) is 27.3 Å². The van der Waals surface area contributed by atoms with E-state index in [-0.39, 0.29) is 23.9 Å². The van der Waals surface area contributed by atoms with Crippen LogP contribution in [0.4, 0.5) is 9.59 Å². The van der Waals surface area contributed by atoms with E-state index in [0.29, 0.717) is 30.3 Å². The van der Waals surface area contributed by atoms with Gasteiger partial charge in [0.15, 0.2) is 0 Å². The van der Waals surface area contributed by atoms with Gasteiger partial charge >= 0.3 is 12.2 Å². The summed E-state index contributed by atoms with van der Waals surface area (Å²) < 4.78 is 9.45. The molecule has 4 amide bonds. The second-order valence-corrected chi connectivity index (χ2v) is 14.0. The number of nitrogens with zero attached hydrogens (tertiary/aromatic N) is 4. The first-order valence-corrected chi connectivity index (χ1v) is 18.9. The topological polar surface area (TPSA) is 175 Å². The minimum Gasteiger partial charge on any atom is -0.453 e. The van der Waals surface area contributed by atoms with Crippen LogP contribution in [0.2, 0.25) is 0 Å². The van der Waals surface area contributed by atoms with Crippen LogP contribution >= 0.6 is 0 Å². The molecule has 0 saturated carbocycles. The van der Waals surface area contributed by atoms with Crippen LogP contribution in [0.15, 0.2) is 91.3 Å². The van der Waals surface area contributed by atoms with E-state index in [1.54, 1.807) is 29.1 Å². The molecule has 2 aromatic heterocycles.